The first-order chi connectivity index (χ1) is 14.7. The summed E-state index contributed by atoms with van der Waals surface area (Å²) >= 11 is 0. The second kappa shape index (κ2) is 8.07. The molecule has 5 heteroatoms. The fourth-order valence-electron chi connectivity index (χ4n) is 4.29. The average molecular weight is 401 g/mol. The van der Waals surface area contributed by atoms with Crippen molar-refractivity contribution in [1.29, 1.82) is 0 Å². The number of piperidine rings is 1. The van der Waals surface area contributed by atoms with Crippen LogP contribution in [0.25, 0.3) is 16.9 Å². The second-order valence-electron chi connectivity index (χ2n) is 8.55. The predicted molar refractivity (Wildman–Crippen MR) is 119 cm³/mol. The van der Waals surface area contributed by atoms with Crippen molar-refractivity contribution >= 4 is 5.91 Å². The predicted octanol–water partition coefficient (Wildman–Crippen LogP) is 4.20. The molecule has 0 radical (unpaired) electrons. The number of likely N-dealkylation sites (tertiary alicyclic amines) is 1. The Morgan fingerprint density at radius 3 is 2.33 bits per heavy atom. The lowest BCUT2D eigenvalue weighted by atomic mass is 10.0. The molecule has 5 nitrogen and oxygen atoms in total. The van der Waals surface area contributed by atoms with Crippen LogP contribution in [0.3, 0.4) is 0 Å². The maximum absolute atomic E-state index is 13.3. The van der Waals surface area contributed by atoms with Crippen LogP contribution >= 0.6 is 0 Å². The Balaban J connectivity index is 1.39. The van der Waals surface area contributed by atoms with Crippen LogP contribution < -0.4 is 5.32 Å². The zero-order chi connectivity index (χ0) is 20.5. The smallest absolute Gasteiger partial charge is 0.255 e. The average Bonchev–Trinajstić information content (AvgIpc) is 3.53. The molecule has 0 unspecified atom stereocenters. The summed E-state index contributed by atoms with van der Waals surface area (Å²) in [6.45, 7) is 4.24. The van der Waals surface area contributed by atoms with E-state index in [4.69, 9.17) is 5.10 Å². The van der Waals surface area contributed by atoms with E-state index in [0.717, 1.165) is 48.9 Å². The van der Waals surface area contributed by atoms with Crippen molar-refractivity contribution in [2.75, 3.05) is 13.1 Å². The first-order valence-corrected chi connectivity index (χ1v) is 10.9. The molecule has 1 aromatic heterocycles. The molecule has 1 amide bonds. The van der Waals surface area contributed by atoms with Crippen molar-refractivity contribution in [2.24, 2.45) is 0 Å². The molecular weight excluding hydrogens is 372 g/mol. The van der Waals surface area contributed by atoms with Gasteiger partial charge >= 0.3 is 0 Å². The second-order valence-corrected chi connectivity index (χ2v) is 8.55. The van der Waals surface area contributed by atoms with E-state index in [1.54, 1.807) is 0 Å². The zero-order valence-corrected chi connectivity index (χ0v) is 17.4. The van der Waals surface area contributed by atoms with Gasteiger partial charge in [-0.1, -0.05) is 48.0 Å². The zero-order valence-electron chi connectivity index (χ0n) is 17.4. The molecule has 30 heavy (non-hydrogen) atoms. The van der Waals surface area contributed by atoms with Crippen molar-refractivity contribution in [1.82, 2.24) is 20.0 Å². The number of amides is 1. The highest BCUT2D eigenvalue weighted by Crippen LogP contribution is 2.29. The molecule has 2 aromatic carbocycles. The number of benzene rings is 2. The molecule has 2 heterocycles. The highest BCUT2D eigenvalue weighted by molar-refractivity contribution is 6.00. The van der Waals surface area contributed by atoms with Gasteiger partial charge in [-0.2, -0.15) is 5.10 Å². The van der Waals surface area contributed by atoms with E-state index in [1.165, 1.54) is 18.4 Å². The van der Waals surface area contributed by atoms with Gasteiger partial charge in [-0.15, -0.1) is 0 Å². The summed E-state index contributed by atoms with van der Waals surface area (Å²) in [6, 6.07) is 19.2. The normalized spacial score (nSPS) is 17.8. The molecule has 3 aromatic rings. The Bertz CT molecular complexity index is 1010. The van der Waals surface area contributed by atoms with Gasteiger partial charge in [-0.3, -0.25) is 4.79 Å². The SMILES string of the molecule is Cc1ccc(-n2cc(C(=O)NC3CCN(C4CC4)CC3)c(-c3ccccc3)n2)cc1. The number of aryl methyl sites for hydroxylation is 1. The first-order valence-electron chi connectivity index (χ1n) is 10.9. The fraction of sp³-hybridized carbons (Fsp3) is 0.360. The molecular formula is C25H28N4O. The van der Waals surface area contributed by atoms with Crippen molar-refractivity contribution in [2.45, 2.75) is 44.7 Å². The Labute approximate surface area is 177 Å². The molecule has 1 aliphatic carbocycles. The molecule has 1 aliphatic heterocycles. The largest absolute Gasteiger partial charge is 0.349 e. The number of nitrogens with zero attached hydrogens (tertiary/aromatic N) is 3. The van der Waals surface area contributed by atoms with Crippen molar-refractivity contribution in [3.05, 3.63) is 71.9 Å². The lowest BCUT2D eigenvalue weighted by Gasteiger charge is -2.32. The van der Waals surface area contributed by atoms with E-state index in [0.29, 0.717) is 5.56 Å². The molecule has 0 bridgehead atoms. The molecule has 0 spiro atoms. The summed E-state index contributed by atoms with van der Waals surface area (Å²) in [6.07, 6.45) is 6.59. The van der Waals surface area contributed by atoms with Crippen LogP contribution in [0, 0.1) is 6.92 Å². The molecule has 0 atom stereocenters. The van der Waals surface area contributed by atoms with E-state index < -0.39 is 0 Å². The van der Waals surface area contributed by atoms with E-state index in [9.17, 15) is 4.79 Å². The maximum Gasteiger partial charge on any atom is 0.255 e. The minimum absolute atomic E-state index is 0.0305. The number of rotatable bonds is 5. The number of carbonyl (C=O) groups is 1. The minimum atomic E-state index is -0.0305. The topological polar surface area (TPSA) is 50.2 Å². The van der Waals surface area contributed by atoms with Gasteiger partial charge in [-0.25, -0.2) is 4.68 Å². The van der Waals surface area contributed by atoms with Gasteiger partial charge in [0.25, 0.3) is 5.91 Å². The van der Waals surface area contributed by atoms with Gasteiger partial charge in [0.15, 0.2) is 0 Å². The monoisotopic (exact) mass is 400 g/mol. The van der Waals surface area contributed by atoms with Gasteiger partial charge in [0.05, 0.1) is 11.3 Å². The van der Waals surface area contributed by atoms with Crippen LogP contribution in [-0.4, -0.2) is 45.8 Å². The van der Waals surface area contributed by atoms with E-state index >= 15 is 0 Å². The summed E-state index contributed by atoms with van der Waals surface area (Å²) in [5, 5.41) is 8.07. The van der Waals surface area contributed by atoms with Gasteiger partial charge in [-0.05, 0) is 44.7 Å². The van der Waals surface area contributed by atoms with Crippen LogP contribution in [0.2, 0.25) is 0 Å². The minimum Gasteiger partial charge on any atom is -0.349 e. The van der Waals surface area contributed by atoms with Crippen molar-refractivity contribution in [3.8, 4) is 16.9 Å². The van der Waals surface area contributed by atoms with Crippen LogP contribution in [0.4, 0.5) is 0 Å². The summed E-state index contributed by atoms with van der Waals surface area (Å²) < 4.78 is 1.81. The Morgan fingerprint density at radius 2 is 1.67 bits per heavy atom. The number of hydrogen-bond acceptors (Lipinski definition) is 3. The molecule has 2 fully saturated rings. The summed E-state index contributed by atoms with van der Waals surface area (Å²) in [5.41, 5.74) is 4.46. The number of carbonyl (C=O) groups excluding carboxylic acids is 1. The van der Waals surface area contributed by atoms with Crippen LogP contribution in [0.15, 0.2) is 60.8 Å². The molecule has 1 N–H and O–H groups in total. The third-order valence-corrected chi connectivity index (χ3v) is 6.23. The lowest BCUT2D eigenvalue weighted by Crippen LogP contribution is -2.45. The van der Waals surface area contributed by atoms with Crippen LogP contribution in [-0.2, 0) is 0 Å². The Morgan fingerprint density at radius 1 is 0.967 bits per heavy atom. The highest BCUT2D eigenvalue weighted by Gasteiger charge is 2.32. The van der Waals surface area contributed by atoms with Gasteiger partial charge in [0.2, 0.25) is 0 Å². The fourth-order valence-corrected chi connectivity index (χ4v) is 4.29. The third-order valence-electron chi connectivity index (χ3n) is 6.23. The third kappa shape index (κ3) is 4.03. The summed E-state index contributed by atoms with van der Waals surface area (Å²) in [5.74, 6) is -0.0305. The Kier molecular flexibility index (Phi) is 5.13. The molecule has 1 saturated carbocycles. The number of aromatic nitrogens is 2. The van der Waals surface area contributed by atoms with Crippen molar-refractivity contribution in [3.63, 3.8) is 0 Å². The molecule has 5 rings (SSSR count). The molecule has 2 aliphatic rings. The van der Waals surface area contributed by atoms with Crippen LogP contribution in [0.5, 0.6) is 0 Å². The molecule has 154 valence electrons. The standard InChI is InChI=1S/C25H28N4O/c1-18-7-9-22(10-8-18)29-17-23(24(27-29)19-5-3-2-4-6-19)25(30)26-20-13-15-28(16-14-20)21-11-12-21/h2-10,17,20-21H,11-16H2,1H3,(H,26,30). The van der Waals surface area contributed by atoms with Crippen molar-refractivity contribution < 1.29 is 4.79 Å². The molecule has 1 saturated heterocycles. The first kappa shape index (κ1) is 19.1. The quantitative estimate of drug-likeness (QED) is 0.698. The van der Waals surface area contributed by atoms with E-state index in [-0.39, 0.29) is 11.9 Å². The van der Waals surface area contributed by atoms with Gasteiger partial charge in [0, 0.05) is 36.9 Å². The van der Waals surface area contributed by atoms with Gasteiger partial charge in [0.1, 0.15) is 5.69 Å². The number of nitrogens with one attached hydrogen (secondary N) is 1. The lowest BCUT2D eigenvalue weighted by molar-refractivity contribution is 0.0909. The van der Waals surface area contributed by atoms with E-state index in [1.807, 2.05) is 53.3 Å². The maximum atomic E-state index is 13.3. The van der Waals surface area contributed by atoms with Gasteiger partial charge < -0.3 is 10.2 Å². The summed E-state index contributed by atoms with van der Waals surface area (Å²) in [4.78, 5) is 15.8. The Hall–Kier alpha value is -2.92. The van der Waals surface area contributed by atoms with E-state index in [2.05, 4.69) is 29.3 Å². The summed E-state index contributed by atoms with van der Waals surface area (Å²) in [7, 11) is 0. The number of hydrogen-bond donors (Lipinski definition) is 1. The highest BCUT2D eigenvalue weighted by atomic mass is 16.1. The van der Waals surface area contributed by atoms with Crippen LogP contribution in [0.1, 0.15) is 41.6 Å².